The van der Waals surface area contributed by atoms with E-state index in [-0.39, 0.29) is 0 Å². The molecule has 0 saturated heterocycles. The summed E-state index contributed by atoms with van der Waals surface area (Å²) in [5, 5.41) is 3.30. The molecule has 0 aliphatic carbocycles. The summed E-state index contributed by atoms with van der Waals surface area (Å²) in [6.45, 7) is 0.216. The van der Waals surface area contributed by atoms with Gasteiger partial charge in [0.05, 0.1) is 23.9 Å². The van der Waals surface area contributed by atoms with Gasteiger partial charge in [0.25, 0.3) is 5.91 Å². The third kappa shape index (κ3) is 5.08. The second kappa shape index (κ2) is 9.58. The highest BCUT2D eigenvalue weighted by Gasteiger charge is 2.17. The van der Waals surface area contributed by atoms with Gasteiger partial charge in [-0.2, -0.15) is 0 Å². The maximum absolute atomic E-state index is 12.7. The van der Waals surface area contributed by atoms with E-state index in [9.17, 15) is 9.59 Å². The molecule has 0 spiro atoms. The van der Waals surface area contributed by atoms with Crippen LogP contribution in [0.4, 0.5) is 0 Å². The first-order valence-electron chi connectivity index (χ1n) is 9.76. The highest BCUT2D eigenvalue weighted by Crippen LogP contribution is 2.25. The highest BCUT2D eigenvalue weighted by molar-refractivity contribution is 6.05. The first-order chi connectivity index (χ1) is 15.2. The van der Waals surface area contributed by atoms with Crippen molar-refractivity contribution in [1.82, 2.24) is 10.3 Å². The zero-order valence-corrected chi connectivity index (χ0v) is 16.6. The van der Waals surface area contributed by atoms with Gasteiger partial charge >= 0.3 is 5.97 Å². The van der Waals surface area contributed by atoms with Crippen LogP contribution in [0.1, 0.15) is 10.4 Å². The third-order valence-electron chi connectivity index (χ3n) is 4.48. The number of benzene rings is 2. The Labute approximate surface area is 178 Å². The lowest BCUT2D eigenvalue weighted by Gasteiger charge is -2.10. The van der Waals surface area contributed by atoms with Gasteiger partial charge < -0.3 is 19.2 Å². The molecule has 1 N–H and O–H groups in total. The quantitative estimate of drug-likeness (QED) is 0.347. The molecule has 7 nitrogen and oxygen atoms in total. The van der Waals surface area contributed by atoms with Crippen LogP contribution in [0.25, 0.3) is 22.4 Å². The number of rotatable bonds is 8. The molecule has 0 saturated carbocycles. The number of carbonyl (C=O) groups excluding carboxylic acids is 2. The topological polar surface area (TPSA) is 90.7 Å². The van der Waals surface area contributed by atoms with Crippen molar-refractivity contribution in [3.8, 4) is 17.2 Å². The number of nitrogens with one attached hydrogen (secondary N) is 1. The molecule has 7 heteroatoms. The number of furan rings is 1. The second-order valence-corrected chi connectivity index (χ2v) is 6.64. The Kier molecular flexibility index (Phi) is 6.23. The van der Waals surface area contributed by atoms with Crippen LogP contribution in [0.5, 0.6) is 5.75 Å². The Morgan fingerprint density at radius 3 is 2.58 bits per heavy atom. The predicted molar refractivity (Wildman–Crippen MR) is 115 cm³/mol. The Bertz CT molecular complexity index is 1170. The summed E-state index contributed by atoms with van der Waals surface area (Å²) in [7, 11) is 0. The summed E-state index contributed by atoms with van der Waals surface area (Å²) in [6, 6.07) is 21.6. The Balaban J connectivity index is 1.36. The van der Waals surface area contributed by atoms with E-state index in [4.69, 9.17) is 13.9 Å². The monoisotopic (exact) mass is 416 g/mol. The maximum atomic E-state index is 12.7. The minimum Gasteiger partial charge on any atom is -0.492 e. The van der Waals surface area contributed by atoms with E-state index in [1.54, 1.807) is 30.3 Å². The summed E-state index contributed by atoms with van der Waals surface area (Å²) in [5.41, 5.74) is 1.46. The van der Waals surface area contributed by atoms with Gasteiger partial charge in [-0.15, -0.1) is 0 Å². The summed E-state index contributed by atoms with van der Waals surface area (Å²) < 4.78 is 16.1. The van der Waals surface area contributed by atoms with E-state index in [1.807, 2.05) is 42.5 Å². The number of carbonyl (C=O) groups is 2. The fourth-order valence-corrected chi connectivity index (χ4v) is 3.03. The number of para-hydroxylation sites is 2. The normalized spacial score (nSPS) is 10.6. The zero-order valence-electron chi connectivity index (χ0n) is 16.6. The van der Waals surface area contributed by atoms with Crippen molar-refractivity contribution in [2.75, 3.05) is 19.8 Å². The Hall–Kier alpha value is -4.13. The number of esters is 1. The number of amides is 1. The maximum Gasteiger partial charge on any atom is 0.339 e. The smallest absolute Gasteiger partial charge is 0.339 e. The molecular formula is C24H20N2O5. The number of hydrogen-bond donors (Lipinski definition) is 1. The SMILES string of the molecule is O=C(COC(=O)c1cc(-c2ccco2)nc2ccccc12)NCCOc1ccccc1. The number of hydrogen-bond acceptors (Lipinski definition) is 6. The molecule has 1 amide bonds. The zero-order chi connectivity index (χ0) is 21.5. The van der Waals surface area contributed by atoms with E-state index in [1.165, 1.54) is 6.26 Å². The summed E-state index contributed by atoms with van der Waals surface area (Å²) >= 11 is 0. The number of aromatic nitrogens is 1. The lowest BCUT2D eigenvalue weighted by atomic mass is 10.1. The predicted octanol–water partition coefficient (Wildman–Crippen LogP) is 3.85. The molecule has 2 aromatic heterocycles. The fraction of sp³-hybridized carbons (Fsp3) is 0.125. The van der Waals surface area contributed by atoms with Crippen LogP contribution in [0.15, 0.2) is 83.5 Å². The van der Waals surface area contributed by atoms with E-state index in [2.05, 4.69) is 10.3 Å². The molecule has 31 heavy (non-hydrogen) atoms. The van der Waals surface area contributed by atoms with Crippen LogP contribution in [0, 0.1) is 0 Å². The first kappa shape index (κ1) is 20.2. The van der Waals surface area contributed by atoms with Crippen LogP contribution in [0.2, 0.25) is 0 Å². The molecule has 2 aromatic carbocycles. The average Bonchev–Trinajstić information content (AvgIpc) is 3.35. The minimum atomic E-state index is -0.609. The van der Waals surface area contributed by atoms with Gasteiger partial charge in [-0.25, -0.2) is 9.78 Å². The third-order valence-corrected chi connectivity index (χ3v) is 4.48. The molecule has 0 atom stereocenters. The van der Waals surface area contributed by atoms with Crippen LogP contribution in [-0.4, -0.2) is 36.6 Å². The van der Waals surface area contributed by atoms with Crippen LogP contribution in [0.3, 0.4) is 0 Å². The van der Waals surface area contributed by atoms with Crippen molar-refractivity contribution in [3.63, 3.8) is 0 Å². The van der Waals surface area contributed by atoms with E-state index >= 15 is 0 Å². The number of nitrogens with zero attached hydrogens (tertiary/aromatic N) is 1. The number of fused-ring (bicyclic) bond motifs is 1. The summed E-state index contributed by atoms with van der Waals surface area (Å²) in [4.78, 5) is 29.3. The molecule has 0 aliphatic rings. The molecular weight excluding hydrogens is 396 g/mol. The van der Waals surface area contributed by atoms with Crippen molar-refractivity contribution >= 4 is 22.8 Å². The van der Waals surface area contributed by atoms with Gasteiger partial charge in [-0.05, 0) is 36.4 Å². The van der Waals surface area contributed by atoms with E-state index < -0.39 is 18.5 Å². The standard InChI is InChI=1S/C24H20N2O5/c27-23(25-12-14-29-17-7-2-1-3-8-17)16-31-24(28)19-15-21(22-11-6-13-30-22)26-20-10-5-4-9-18(19)20/h1-11,13,15H,12,14,16H2,(H,25,27). The molecule has 0 fully saturated rings. The van der Waals surface area contributed by atoms with Gasteiger partial charge in [-0.1, -0.05) is 36.4 Å². The number of ether oxygens (including phenoxy) is 2. The van der Waals surface area contributed by atoms with Crippen LogP contribution >= 0.6 is 0 Å². The summed E-state index contributed by atoms with van der Waals surface area (Å²) in [6.07, 6.45) is 1.54. The van der Waals surface area contributed by atoms with Crippen molar-refractivity contribution in [2.24, 2.45) is 0 Å². The Morgan fingerprint density at radius 2 is 1.77 bits per heavy atom. The molecule has 0 aliphatic heterocycles. The Morgan fingerprint density at radius 1 is 0.968 bits per heavy atom. The average molecular weight is 416 g/mol. The van der Waals surface area contributed by atoms with Gasteiger partial charge in [0, 0.05) is 5.39 Å². The molecule has 2 heterocycles. The number of pyridine rings is 1. The molecule has 0 unspecified atom stereocenters. The molecule has 4 aromatic rings. The second-order valence-electron chi connectivity index (χ2n) is 6.64. The van der Waals surface area contributed by atoms with Crippen molar-refractivity contribution in [1.29, 1.82) is 0 Å². The van der Waals surface area contributed by atoms with Crippen molar-refractivity contribution < 1.29 is 23.5 Å². The van der Waals surface area contributed by atoms with Crippen molar-refractivity contribution in [3.05, 3.63) is 84.6 Å². The molecule has 0 radical (unpaired) electrons. The molecule has 4 rings (SSSR count). The van der Waals surface area contributed by atoms with Crippen LogP contribution in [-0.2, 0) is 9.53 Å². The van der Waals surface area contributed by atoms with E-state index in [0.29, 0.717) is 41.1 Å². The van der Waals surface area contributed by atoms with Gasteiger partial charge in [0.2, 0.25) is 0 Å². The van der Waals surface area contributed by atoms with E-state index in [0.717, 1.165) is 5.75 Å². The largest absolute Gasteiger partial charge is 0.492 e. The van der Waals surface area contributed by atoms with Crippen LogP contribution < -0.4 is 10.1 Å². The lowest BCUT2D eigenvalue weighted by molar-refractivity contribution is -0.124. The minimum absolute atomic E-state index is 0.298. The van der Waals surface area contributed by atoms with Gasteiger partial charge in [-0.3, -0.25) is 4.79 Å². The lowest BCUT2D eigenvalue weighted by Crippen LogP contribution is -2.32. The fourth-order valence-electron chi connectivity index (χ4n) is 3.03. The molecule has 0 bridgehead atoms. The highest BCUT2D eigenvalue weighted by atomic mass is 16.5. The van der Waals surface area contributed by atoms with Gasteiger partial charge in [0.1, 0.15) is 18.1 Å². The molecule has 156 valence electrons. The first-order valence-corrected chi connectivity index (χ1v) is 9.76. The van der Waals surface area contributed by atoms with Gasteiger partial charge in [0.15, 0.2) is 12.4 Å². The summed E-state index contributed by atoms with van der Waals surface area (Å²) in [5.74, 6) is 0.243. The van der Waals surface area contributed by atoms with Crippen molar-refractivity contribution in [2.45, 2.75) is 0 Å².